The maximum absolute atomic E-state index is 15.5. The highest BCUT2D eigenvalue weighted by atomic mass is 79.9. The number of carbonyl (C=O) groups is 2. The first-order valence-corrected chi connectivity index (χ1v) is 18.9. The molecule has 13 heteroatoms. The lowest BCUT2D eigenvalue weighted by molar-refractivity contribution is 0.0924. The number of piperidine rings is 1. The molecule has 3 atom stereocenters. The molecule has 1 amide bonds. The van der Waals surface area contributed by atoms with Crippen molar-refractivity contribution >= 4 is 64.8 Å². The van der Waals surface area contributed by atoms with Crippen LogP contribution in [0.2, 0.25) is 23.2 Å². The van der Waals surface area contributed by atoms with E-state index in [4.69, 9.17) is 20.8 Å². The number of pyridine rings is 1. The molecule has 1 aromatic heterocycles. The zero-order valence-electron chi connectivity index (χ0n) is 25.8. The molecule has 43 heavy (non-hydrogen) atoms. The number of aromatic nitrogens is 1. The van der Waals surface area contributed by atoms with Crippen LogP contribution in [0.15, 0.2) is 10.5 Å². The Hall–Kier alpha value is -1.99. The first-order valence-electron chi connectivity index (χ1n) is 14.8. The van der Waals surface area contributed by atoms with Gasteiger partial charge in [0, 0.05) is 36.7 Å². The Labute approximate surface area is 267 Å². The maximum atomic E-state index is 15.5. The third kappa shape index (κ3) is 7.46. The number of amides is 1. The second kappa shape index (κ2) is 13.6. The van der Waals surface area contributed by atoms with E-state index in [2.05, 4.69) is 65.0 Å². The molecular weight excluding hydrogens is 659 g/mol. The smallest absolute Gasteiger partial charge is 0.407 e. The monoisotopic (exact) mass is 700 g/mol. The summed E-state index contributed by atoms with van der Waals surface area (Å²) in [5, 5.41) is 13.9. The van der Waals surface area contributed by atoms with E-state index in [1.165, 1.54) is 4.90 Å². The Kier molecular flexibility index (Phi) is 10.7. The minimum atomic E-state index is -2.00. The second-order valence-corrected chi connectivity index (χ2v) is 19.2. The second-order valence-electron chi connectivity index (χ2n) is 13.2. The summed E-state index contributed by atoms with van der Waals surface area (Å²) < 4.78 is 28.0. The highest BCUT2D eigenvalue weighted by Gasteiger charge is 2.38. The standard InChI is InChI=1S/C30H43BrClFN4O5Si/c1-30(2,3)43(5,6)42-13-10-19-14-18(9-12-37(19)29(39)40)34-26-21-15-23(32)24(31)25(33)27(21)35-28(22(26)16-38)41-17-20-8-7-11-36(20)4/h15-16,18-20H,7-14,17H2,1-6H3,(H,34,35)(H,39,40)/t18-,19+,20-/m0/s1. The van der Waals surface area contributed by atoms with Crippen LogP contribution in [0.3, 0.4) is 0 Å². The number of aldehydes is 1. The van der Waals surface area contributed by atoms with Crippen LogP contribution < -0.4 is 10.1 Å². The van der Waals surface area contributed by atoms with Gasteiger partial charge in [-0.2, -0.15) is 0 Å². The molecule has 0 unspecified atom stereocenters. The number of benzene rings is 1. The minimum Gasteiger partial charge on any atom is -0.475 e. The number of likely N-dealkylation sites (N-methyl/N-ethyl adjacent to an activating group) is 1. The lowest BCUT2D eigenvalue weighted by atomic mass is 9.94. The van der Waals surface area contributed by atoms with Gasteiger partial charge in [-0.05, 0) is 85.8 Å². The van der Waals surface area contributed by atoms with Crippen LogP contribution in [0.25, 0.3) is 10.9 Å². The van der Waals surface area contributed by atoms with Gasteiger partial charge in [0.2, 0.25) is 5.88 Å². The van der Waals surface area contributed by atoms with Crippen molar-refractivity contribution in [3.05, 3.63) is 26.9 Å². The van der Waals surface area contributed by atoms with Crippen LogP contribution in [0.1, 0.15) is 63.2 Å². The zero-order valence-corrected chi connectivity index (χ0v) is 29.1. The van der Waals surface area contributed by atoms with Gasteiger partial charge >= 0.3 is 6.09 Å². The van der Waals surface area contributed by atoms with Gasteiger partial charge in [-0.25, -0.2) is 14.2 Å². The number of likely N-dealkylation sites (tertiary alicyclic amines) is 2. The van der Waals surface area contributed by atoms with E-state index in [1.807, 2.05) is 7.05 Å². The van der Waals surface area contributed by atoms with Crippen LogP contribution >= 0.6 is 27.5 Å². The number of nitrogens with zero attached hydrogens (tertiary/aromatic N) is 3. The van der Waals surface area contributed by atoms with Gasteiger partial charge in [0.05, 0.1) is 15.2 Å². The molecule has 238 valence electrons. The predicted octanol–water partition coefficient (Wildman–Crippen LogP) is 7.41. The molecule has 2 aliphatic rings. The van der Waals surface area contributed by atoms with Crippen molar-refractivity contribution in [1.82, 2.24) is 14.8 Å². The highest BCUT2D eigenvalue weighted by molar-refractivity contribution is 9.10. The molecule has 2 aromatic rings. The fraction of sp³-hybridized carbons (Fsp3) is 0.633. The molecule has 0 spiro atoms. The number of fused-ring (bicyclic) bond motifs is 1. The topological polar surface area (TPSA) is 104 Å². The maximum Gasteiger partial charge on any atom is 0.407 e. The van der Waals surface area contributed by atoms with Crippen molar-refractivity contribution in [3.8, 4) is 5.88 Å². The number of nitrogens with one attached hydrogen (secondary N) is 1. The molecule has 9 nitrogen and oxygen atoms in total. The number of ether oxygens (including phenoxy) is 1. The molecule has 2 N–H and O–H groups in total. The van der Waals surface area contributed by atoms with Crippen molar-refractivity contribution in [3.63, 3.8) is 0 Å². The van der Waals surface area contributed by atoms with Crippen molar-refractivity contribution in [2.45, 2.75) is 89.1 Å². The summed E-state index contributed by atoms with van der Waals surface area (Å²) in [5.74, 6) is -0.590. The lowest BCUT2D eigenvalue weighted by Gasteiger charge is -2.40. The average molecular weight is 702 g/mol. The predicted molar refractivity (Wildman–Crippen MR) is 174 cm³/mol. The molecular formula is C30H43BrClFN4O5Si. The first kappa shape index (κ1) is 33.9. The molecule has 0 aliphatic carbocycles. The number of anilines is 1. The summed E-state index contributed by atoms with van der Waals surface area (Å²) in [6.07, 6.45) is 3.27. The van der Waals surface area contributed by atoms with Crippen molar-refractivity contribution < 1.29 is 28.2 Å². The molecule has 0 radical (unpaired) electrons. The Morgan fingerprint density at radius 3 is 2.63 bits per heavy atom. The van der Waals surface area contributed by atoms with Crippen LogP contribution in [-0.4, -0.2) is 92.1 Å². The van der Waals surface area contributed by atoms with Crippen molar-refractivity contribution in [2.24, 2.45) is 0 Å². The summed E-state index contributed by atoms with van der Waals surface area (Å²) in [4.78, 5) is 32.8. The van der Waals surface area contributed by atoms with Crippen molar-refractivity contribution in [2.75, 3.05) is 38.7 Å². The fourth-order valence-corrected chi connectivity index (χ4v) is 7.17. The Morgan fingerprint density at radius 2 is 2.02 bits per heavy atom. The molecule has 1 aromatic carbocycles. The molecule has 3 heterocycles. The van der Waals surface area contributed by atoms with Gasteiger partial charge in [0.25, 0.3) is 0 Å². The van der Waals surface area contributed by atoms with Gasteiger partial charge in [-0.3, -0.25) is 4.79 Å². The third-order valence-electron chi connectivity index (χ3n) is 9.35. The van der Waals surface area contributed by atoms with E-state index < -0.39 is 20.2 Å². The number of carbonyl (C=O) groups excluding carboxylic acids is 1. The van der Waals surface area contributed by atoms with Crippen molar-refractivity contribution in [1.29, 1.82) is 0 Å². The summed E-state index contributed by atoms with van der Waals surface area (Å²) in [6.45, 7) is 12.9. The summed E-state index contributed by atoms with van der Waals surface area (Å²) in [5.41, 5.74) is 0.596. The normalized spacial score (nSPS) is 21.8. The Bertz CT molecular complexity index is 1360. The van der Waals surface area contributed by atoms with Gasteiger partial charge < -0.3 is 29.4 Å². The van der Waals surface area contributed by atoms with E-state index in [9.17, 15) is 14.7 Å². The number of carboxylic acid groups (broad SMARTS) is 1. The average Bonchev–Trinajstić information content (AvgIpc) is 3.34. The third-order valence-corrected chi connectivity index (χ3v) is 15.2. The van der Waals surface area contributed by atoms with E-state index in [1.54, 1.807) is 6.07 Å². The SMILES string of the molecule is CN1CCC[C@H]1COc1nc2c(F)c(Br)c(Cl)cc2c(N[C@H]2CCN(C(=O)O)[C@H](CCO[Si](C)(C)C(C)(C)C)C2)c1C=O. The van der Waals surface area contributed by atoms with E-state index in [0.717, 1.165) is 19.4 Å². The van der Waals surface area contributed by atoms with Gasteiger partial charge in [-0.1, -0.05) is 32.4 Å². The zero-order chi connectivity index (χ0) is 31.7. The van der Waals surface area contributed by atoms with E-state index in [0.29, 0.717) is 56.4 Å². The first-order chi connectivity index (χ1) is 20.1. The van der Waals surface area contributed by atoms with E-state index in [-0.39, 0.29) is 49.6 Å². The Morgan fingerprint density at radius 1 is 1.30 bits per heavy atom. The molecule has 2 saturated heterocycles. The Balaban J connectivity index is 1.64. The number of hydrogen-bond donors (Lipinski definition) is 2. The van der Waals surface area contributed by atoms with Crippen LogP contribution in [0, 0.1) is 5.82 Å². The summed E-state index contributed by atoms with van der Waals surface area (Å²) in [6, 6.07) is 1.27. The van der Waals surface area contributed by atoms with Crippen LogP contribution in [0.5, 0.6) is 5.88 Å². The largest absolute Gasteiger partial charge is 0.475 e. The minimum absolute atomic E-state index is 0.0291. The van der Waals surface area contributed by atoms with Gasteiger partial charge in [-0.15, -0.1) is 0 Å². The van der Waals surface area contributed by atoms with Gasteiger partial charge in [0.1, 0.15) is 17.7 Å². The van der Waals surface area contributed by atoms with E-state index >= 15 is 4.39 Å². The quantitative estimate of drug-likeness (QED) is 0.150. The van der Waals surface area contributed by atoms with Crippen LogP contribution in [0.4, 0.5) is 14.9 Å². The highest BCUT2D eigenvalue weighted by Crippen LogP contribution is 2.40. The fourth-order valence-electron chi connectivity index (χ4n) is 5.62. The molecule has 0 bridgehead atoms. The molecule has 4 rings (SSSR count). The molecule has 0 saturated carbocycles. The lowest BCUT2D eigenvalue weighted by Crippen LogP contribution is -2.50. The molecule has 2 fully saturated rings. The number of hydrogen-bond acceptors (Lipinski definition) is 7. The number of rotatable bonds is 10. The number of halogens is 3. The summed E-state index contributed by atoms with van der Waals surface area (Å²) >= 11 is 9.57. The van der Waals surface area contributed by atoms with Crippen LogP contribution in [-0.2, 0) is 4.43 Å². The van der Waals surface area contributed by atoms with Gasteiger partial charge in [0.15, 0.2) is 20.4 Å². The summed E-state index contributed by atoms with van der Waals surface area (Å²) in [7, 11) is 0.0265. The molecule has 2 aliphatic heterocycles.